The van der Waals surface area contributed by atoms with Crippen LogP contribution >= 0.6 is 11.8 Å². The molecule has 1 N–H and O–H groups in total. The lowest BCUT2D eigenvalue weighted by molar-refractivity contribution is 0.304. The van der Waals surface area contributed by atoms with Gasteiger partial charge in [-0.25, -0.2) is 0 Å². The Hall–Kier alpha value is -0.540. The minimum absolute atomic E-state index is 0.343. The summed E-state index contributed by atoms with van der Waals surface area (Å²) in [7, 11) is 0. The Morgan fingerprint density at radius 3 is 2.94 bits per heavy atom. The normalized spacial score (nSPS) is 25.5. The molecule has 0 amide bonds. The molecule has 2 nitrogen and oxygen atoms in total. The van der Waals surface area contributed by atoms with Crippen molar-refractivity contribution >= 4 is 11.8 Å². The SMILES string of the molecule is C[C@@H](NC1CSCC(C)(C)C1)c1ccccn1. The molecule has 2 rings (SSSR count). The number of hydrogen-bond acceptors (Lipinski definition) is 3. The van der Waals surface area contributed by atoms with Crippen LogP contribution in [0, 0.1) is 5.41 Å². The Labute approximate surface area is 109 Å². The quantitative estimate of drug-likeness (QED) is 0.891. The van der Waals surface area contributed by atoms with Crippen LogP contribution in [0.25, 0.3) is 0 Å². The monoisotopic (exact) mass is 250 g/mol. The fourth-order valence-electron chi connectivity index (χ4n) is 2.44. The van der Waals surface area contributed by atoms with Crippen LogP contribution in [0.3, 0.4) is 0 Å². The Kier molecular flexibility index (Phi) is 4.10. The van der Waals surface area contributed by atoms with Crippen LogP contribution in [0.5, 0.6) is 0 Å². The molecule has 0 saturated carbocycles. The Bertz CT molecular complexity index is 350. The summed E-state index contributed by atoms with van der Waals surface area (Å²) in [6, 6.07) is 7.07. The number of pyridine rings is 1. The second-order valence-corrected chi connectivity index (χ2v) is 6.75. The van der Waals surface area contributed by atoms with Crippen LogP contribution in [0.1, 0.15) is 38.9 Å². The summed E-state index contributed by atoms with van der Waals surface area (Å²) < 4.78 is 0. The third-order valence-electron chi connectivity index (χ3n) is 3.23. The second-order valence-electron chi connectivity index (χ2n) is 5.72. The molecule has 0 bridgehead atoms. The van der Waals surface area contributed by atoms with Crippen LogP contribution in [0.15, 0.2) is 24.4 Å². The van der Waals surface area contributed by atoms with E-state index in [1.807, 2.05) is 12.3 Å². The van der Waals surface area contributed by atoms with Gasteiger partial charge in [-0.05, 0) is 36.6 Å². The van der Waals surface area contributed by atoms with Gasteiger partial charge in [0.2, 0.25) is 0 Å². The standard InChI is InChI=1S/C14H22N2S/c1-11(13-6-4-5-7-15-13)16-12-8-14(2,3)10-17-9-12/h4-7,11-12,16H,8-10H2,1-3H3/t11-,12?/m1/s1. The number of aromatic nitrogens is 1. The lowest BCUT2D eigenvalue weighted by atomic mass is 9.87. The fourth-order valence-corrected chi connectivity index (χ4v) is 3.73. The van der Waals surface area contributed by atoms with Gasteiger partial charge >= 0.3 is 0 Å². The Balaban J connectivity index is 1.93. The number of nitrogens with one attached hydrogen (secondary N) is 1. The number of hydrogen-bond donors (Lipinski definition) is 1. The van der Waals surface area contributed by atoms with Gasteiger partial charge in [-0.15, -0.1) is 0 Å². The van der Waals surface area contributed by atoms with Gasteiger partial charge in [0.25, 0.3) is 0 Å². The van der Waals surface area contributed by atoms with Gasteiger partial charge < -0.3 is 5.32 Å². The first-order valence-corrected chi connectivity index (χ1v) is 7.47. The number of nitrogens with zero attached hydrogens (tertiary/aromatic N) is 1. The summed E-state index contributed by atoms with van der Waals surface area (Å²) in [6.45, 7) is 6.92. The molecule has 1 unspecified atom stereocenters. The van der Waals surface area contributed by atoms with Crippen LogP contribution in [-0.4, -0.2) is 22.5 Å². The van der Waals surface area contributed by atoms with Crippen molar-refractivity contribution in [1.29, 1.82) is 0 Å². The summed E-state index contributed by atoms with van der Waals surface area (Å²) >= 11 is 2.06. The van der Waals surface area contributed by atoms with E-state index in [4.69, 9.17) is 0 Å². The van der Waals surface area contributed by atoms with Crippen molar-refractivity contribution in [3.05, 3.63) is 30.1 Å². The van der Waals surface area contributed by atoms with Crippen molar-refractivity contribution < 1.29 is 0 Å². The molecule has 17 heavy (non-hydrogen) atoms. The fraction of sp³-hybridized carbons (Fsp3) is 0.643. The van der Waals surface area contributed by atoms with E-state index in [0.717, 1.165) is 5.69 Å². The minimum atomic E-state index is 0.343. The predicted molar refractivity (Wildman–Crippen MR) is 75.3 cm³/mol. The zero-order chi connectivity index (χ0) is 12.3. The highest BCUT2D eigenvalue weighted by Gasteiger charge is 2.29. The molecule has 3 heteroatoms. The molecular weight excluding hydrogens is 228 g/mol. The topological polar surface area (TPSA) is 24.9 Å². The maximum atomic E-state index is 4.41. The van der Waals surface area contributed by atoms with Gasteiger partial charge in [0.05, 0.1) is 5.69 Å². The summed E-state index contributed by atoms with van der Waals surface area (Å²) in [6.07, 6.45) is 3.13. The van der Waals surface area contributed by atoms with Crippen molar-refractivity contribution in [1.82, 2.24) is 10.3 Å². The molecule has 1 aliphatic heterocycles. The van der Waals surface area contributed by atoms with E-state index < -0.39 is 0 Å². The average Bonchev–Trinajstić information content (AvgIpc) is 2.29. The first-order chi connectivity index (χ1) is 8.07. The first kappa shape index (κ1) is 12.9. The van der Waals surface area contributed by atoms with E-state index in [9.17, 15) is 0 Å². The largest absolute Gasteiger partial charge is 0.305 e. The predicted octanol–water partition coefficient (Wildman–Crippen LogP) is 3.26. The van der Waals surface area contributed by atoms with Crippen molar-refractivity contribution in [3.8, 4) is 0 Å². The molecule has 1 aromatic rings. The van der Waals surface area contributed by atoms with E-state index in [2.05, 4.69) is 55.0 Å². The highest BCUT2D eigenvalue weighted by Crippen LogP contribution is 2.34. The third-order valence-corrected chi connectivity index (χ3v) is 4.85. The number of thioether (sulfide) groups is 1. The first-order valence-electron chi connectivity index (χ1n) is 6.31. The van der Waals surface area contributed by atoms with Gasteiger partial charge in [0.1, 0.15) is 0 Å². The summed E-state index contributed by atoms with van der Waals surface area (Å²) in [5.74, 6) is 2.50. The van der Waals surface area contributed by atoms with Crippen LogP contribution < -0.4 is 5.32 Å². The van der Waals surface area contributed by atoms with E-state index in [-0.39, 0.29) is 0 Å². The molecule has 0 aromatic carbocycles. The minimum Gasteiger partial charge on any atom is -0.305 e. The highest BCUT2D eigenvalue weighted by atomic mass is 32.2. The lowest BCUT2D eigenvalue weighted by Crippen LogP contribution is -2.41. The van der Waals surface area contributed by atoms with Crippen LogP contribution in [0.2, 0.25) is 0 Å². The molecule has 1 fully saturated rings. The van der Waals surface area contributed by atoms with Crippen molar-refractivity contribution in [2.24, 2.45) is 5.41 Å². The average molecular weight is 250 g/mol. The molecule has 0 spiro atoms. The van der Waals surface area contributed by atoms with Gasteiger partial charge in [-0.2, -0.15) is 11.8 Å². The summed E-state index contributed by atoms with van der Waals surface area (Å²) in [5.41, 5.74) is 1.60. The lowest BCUT2D eigenvalue weighted by Gasteiger charge is -2.36. The van der Waals surface area contributed by atoms with E-state index in [1.54, 1.807) is 0 Å². The summed E-state index contributed by atoms with van der Waals surface area (Å²) in [5, 5.41) is 3.71. The third kappa shape index (κ3) is 3.71. The molecular formula is C14H22N2S. The smallest absolute Gasteiger partial charge is 0.0570 e. The molecule has 1 aliphatic rings. The zero-order valence-corrected chi connectivity index (χ0v) is 11.8. The van der Waals surface area contributed by atoms with Crippen LogP contribution in [0.4, 0.5) is 0 Å². The van der Waals surface area contributed by atoms with Gasteiger partial charge in [0, 0.05) is 24.0 Å². The van der Waals surface area contributed by atoms with Crippen molar-refractivity contribution in [2.75, 3.05) is 11.5 Å². The van der Waals surface area contributed by atoms with Gasteiger partial charge in [0.15, 0.2) is 0 Å². The van der Waals surface area contributed by atoms with Crippen molar-refractivity contribution in [3.63, 3.8) is 0 Å². The number of rotatable bonds is 3. The van der Waals surface area contributed by atoms with Gasteiger partial charge in [-0.3, -0.25) is 4.98 Å². The molecule has 0 aliphatic carbocycles. The zero-order valence-electron chi connectivity index (χ0n) is 10.9. The molecule has 94 valence electrons. The molecule has 0 radical (unpaired) electrons. The molecule has 1 aromatic heterocycles. The van der Waals surface area contributed by atoms with Gasteiger partial charge in [-0.1, -0.05) is 19.9 Å². The second kappa shape index (κ2) is 5.40. The van der Waals surface area contributed by atoms with E-state index in [0.29, 0.717) is 17.5 Å². The van der Waals surface area contributed by atoms with E-state index in [1.165, 1.54) is 17.9 Å². The Morgan fingerprint density at radius 1 is 1.47 bits per heavy atom. The maximum absolute atomic E-state index is 4.41. The maximum Gasteiger partial charge on any atom is 0.0570 e. The van der Waals surface area contributed by atoms with E-state index >= 15 is 0 Å². The molecule has 2 heterocycles. The summed E-state index contributed by atoms with van der Waals surface area (Å²) in [4.78, 5) is 4.41. The van der Waals surface area contributed by atoms with Crippen molar-refractivity contribution in [2.45, 2.75) is 39.3 Å². The molecule has 2 atom stereocenters. The molecule has 1 saturated heterocycles. The van der Waals surface area contributed by atoms with Crippen LogP contribution in [-0.2, 0) is 0 Å². The highest BCUT2D eigenvalue weighted by molar-refractivity contribution is 7.99. The Morgan fingerprint density at radius 2 is 2.29 bits per heavy atom.